The molecule has 25 heavy (non-hydrogen) atoms. The van der Waals surface area contributed by atoms with Crippen LogP contribution in [0.3, 0.4) is 0 Å². The lowest BCUT2D eigenvalue weighted by Gasteiger charge is -2.23. The van der Waals surface area contributed by atoms with E-state index in [9.17, 15) is 9.18 Å². The van der Waals surface area contributed by atoms with E-state index in [0.29, 0.717) is 43.6 Å². The number of fused-ring (bicyclic) bond motifs is 1. The molecule has 7 heteroatoms. The van der Waals surface area contributed by atoms with Gasteiger partial charge in [-0.05, 0) is 18.6 Å². The number of aryl methyl sites for hydroxylation is 2. The van der Waals surface area contributed by atoms with Crippen molar-refractivity contribution in [1.29, 1.82) is 0 Å². The molecule has 2 aromatic rings. The van der Waals surface area contributed by atoms with Crippen molar-refractivity contribution in [2.75, 3.05) is 26.3 Å². The first-order valence-corrected chi connectivity index (χ1v) is 8.39. The summed E-state index contributed by atoms with van der Waals surface area (Å²) in [5, 5.41) is 8.09. The third-order valence-corrected chi connectivity index (χ3v) is 5.22. The molecule has 0 aliphatic carbocycles. The Kier molecular flexibility index (Phi) is 3.83. The smallest absolute Gasteiger partial charge is 0.227 e. The van der Waals surface area contributed by atoms with Crippen molar-refractivity contribution in [1.82, 2.24) is 15.1 Å². The molecule has 1 amide bonds. The van der Waals surface area contributed by atoms with Gasteiger partial charge in [0.15, 0.2) is 0 Å². The molecule has 0 spiro atoms. The first-order valence-electron chi connectivity index (χ1n) is 8.39. The average molecular weight is 345 g/mol. The summed E-state index contributed by atoms with van der Waals surface area (Å²) in [5.74, 6) is 0.725. The summed E-state index contributed by atoms with van der Waals surface area (Å²) in [7, 11) is 0. The Hall–Kier alpha value is -2.28. The largest absolute Gasteiger partial charge is 0.425 e. The number of carbonyl (C=O) groups excluding carboxylic acids is 1. The molecule has 6 nitrogen and oxygen atoms in total. The van der Waals surface area contributed by atoms with Crippen LogP contribution < -0.4 is 0 Å². The van der Waals surface area contributed by atoms with Crippen LogP contribution in [0.1, 0.15) is 22.9 Å². The summed E-state index contributed by atoms with van der Waals surface area (Å²) >= 11 is 0. The molecule has 2 fully saturated rings. The Labute approximate surface area is 145 Å². The van der Waals surface area contributed by atoms with Gasteiger partial charge in [-0.2, -0.15) is 0 Å². The lowest BCUT2D eigenvalue weighted by molar-refractivity contribution is -0.130. The number of amides is 1. The Balaban J connectivity index is 1.55. The van der Waals surface area contributed by atoms with Crippen molar-refractivity contribution in [2.24, 2.45) is 5.92 Å². The number of nitrogens with zero attached hydrogens (tertiary/aromatic N) is 3. The quantitative estimate of drug-likeness (QED) is 0.848. The van der Waals surface area contributed by atoms with Crippen molar-refractivity contribution in [3.8, 4) is 0 Å². The molecule has 132 valence electrons. The Morgan fingerprint density at radius 1 is 1.40 bits per heavy atom. The molecule has 1 aromatic heterocycles. The molecule has 2 saturated heterocycles. The maximum atomic E-state index is 14.0. The first kappa shape index (κ1) is 16.2. The van der Waals surface area contributed by atoms with Crippen LogP contribution in [0.15, 0.2) is 22.6 Å². The molecule has 2 atom stereocenters. The van der Waals surface area contributed by atoms with Gasteiger partial charge >= 0.3 is 0 Å². The van der Waals surface area contributed by atoms with E-state index in [2.05, 4.69) is 10.2 Å². The summed E-state index contributed by atoms with van der Waals surface area (Å²) in [4.78, 5) is 14.5. The Morgan fingerprint density at radius 3 is 3.00 bits per heavy atom. The predicted octanol–water partition coefficient (Wildman–Crippen LogP) is 1.79. The highest BCUT2D eigenvalue weighted by molar-refractivity contribution is 5.79. The molecule has 0 saturated carbocycles. The molecule has 2 aliphatic heterocycles. The van der Waals surface area contributed by atoms with E-state index in [1.165, 1.54) is 6.07 Å². The number of ether oxygens (including phenoxy) is 1. The Morgan fingerprint density at radius 2 is 2.24 bits per heavy atom. The minimum atomic E-state index is -0.442. The van der Waals surface area contributed by atoms with E-state index in [0.717, 1.165) is 5.56 Å². The van der Waals surface area contributed by atoms with Crippen LogP contribution in [0.25, 0.3) is 0 Å². The molecule has 0 radical (unpaired) electrons. The molecular weight excluding hydrogens is 325 g/mol. The molecule has 4 rings (SSSR count). The van der Waals surface area contributed by atoms with Gasteiger partial charge in [0, 0.05) is 25.9 Å². The first-order chi connectivity index (χ1) is 12.0. The molecule has 0 bridgehead atoms. The molecule has 0 unspecified atom stereocenters. The fraction of sp³-hybridized carbons (Fsp3) is 0.500. The maximum absolute atomic E-state index is 14.0. The van der Waals surface area contributed by atoms with Crippen LogP contribution in [0.5, 0.6) is 0 Å². The van der Waals surface area contributed by atoms with Gasteiger partial charge < -0.3 is 14.1 Å². The van der Waals surface area contributed by atoms with Crippen LogP contribution in [0.2, 0.25) is 0 Å². The number of aromatic nitrogens is 2. The van der Waals surface area contributed by atoms with E-state index in [1.54, 1.807) is 24.0 Å². The van der Waals surface area contributed by atoms with Crippen LogP contribution in [0.4, 0.5) is 4.39 Å². The lowest BCUT2D eigenvalue weighted by atomic mass is 9.81. The lowest BCUT2D eigenvalue weighted by Crippen LogP contribution is -2.38. The van der Waals surface area contributed by atoms with Gasteiger partial charge in [-0.1, -0.05) is 17.7 Å². The van der Waals surface area contributed by atoms with Gasteiger partial charge in [0.25, 0.3) is 0 Å². The van der Waals surface area contributed by atoms with Crippen molar-refractivity contribution in [3.05, 3.63) is 46.9 Å². The second kappa shape index (κ2) is 5.91. The minimum absolute atomic E-state index is 0.0556. The van der Waals surface area contributed by atoms with Crippen LogP contribution in [0, 0.1) is 25.6 Å². The number of hydrogen-bond acceptors (Lipinski definition) is 5. The number of likely N-dealkylation sites (tertiary alicyclic amines) is 1. The normalized spacial score (nSPS) is 25.4. The fourth-order valence-corrected chi connectivity index (χ4v) is 3.84. The summed E-state index contributed by atoms with van der Waals surface area (Å²) < 4.78 is 25.3. The highest BCUT2D eigenvalue weighted by Crippen LogP contribution is 2.43. The van der Waals surface area contributed by atoms with Gasteiger partial charge in [-0.25, -0.2) is 4.39 Å². The number of benzene rings is 1. The number of hydrogen-bond donors (Lipinski definition) is 0. The topological polar surface area (TPSA) is 68.5 Å². The second-order valence-corrected chi connectivity index (χ2v) is 7.04. The Bertz CT molecular complexity index is 822. The van der Waals surface area contributed by atoms with E-state index in [-0.39, 0.29) is 24.1 Å². The van der Waals surface area contributed by atoms with E-state index in [1.807, 2.05) is 6.92 Å². The molecule has 0 N–H and O–H groups in total. The highest BCUT2D eigenvalue weighted by atomic mass is 19.1. The number of carbonyl (C=O) groups is 1. The molecule has 3 heterocycles. The van der Waals surface area contributed by atoms with Gasteiger partial charge in [0.05, 0.1) is 25.0 Å². The van der Waals surface area contributed by atoms with Crippen LogP contribution >= 0.6 is 0 Å². The molecular formula is C18H20FN3O3. The monoisotopic (exact) mass is 345 g/mol. The fourth-order valence-electron chi connectivity index (χ4n) is 3.84. The second-order valence-electron chi connectivity index (χ2n) is 7.04. The average Bonchev–Trinajstić information content (AvgIpc) is 3.24. The minimum Gasteiger partial charge on any atom is -0.425 e. The third kappa shape index (κ3) is 2.72. The summed E-state index contributed by atoms with van der Waals surface area (Å²) in [6, 6.07) is 4.84. The van der Waals surface area contributed by atoms with Crippen molar-refractivity contribution >= 4 is 5.91 Å². The number of halogens is 1. The van der Waals surface area contributed by atoms with Gasteiger partial charge in [0.1, 0.15) is 5.82 Å². The standard InChI is InChI=1S/C18H20FN3O3/c1-11-3-4-15(19)13(5-11)6-16(23)22-7-14-8-24-10-18(14,9-22)17-21-20-12(2)25-17/h3-5,14H,6-10H2,1-2H3/t14-,18-/m0/s1. The van der Waals surface area contributed by atoms with Crippen molar-refractivity contribution in [2.45, 2.75) is 25.7 Å². The van der Waals surface area contributed by atoms with E-state index < -0.39 is 5.41 Å². The zero-order valence-electron chi connectivity index (χ0n) is 14.3. The summed E-state index contributed by atoms with van der Waals surface area (Å²) in [6.07, 6.45) is 0.0556. The van der Waals surface area contributed by atoms with Crippen LogP contribution in [-0.2, 0) is 21.4 Å². The maximum Gasteiger partial charge on any atom is 0.227 e. The SMILES string of the molecule is Cc1ccc(F)c(CC(=O)N2C[C@H]3COC[C@@]3(c3nnc(C)o3)C2)c1. The van der Waals surface area contributed by atoms with E-state index >= 15 is 0 Å². The molecule has 2 aliphatic rings. The number of rotatable bonds is 3. The zero-order valence-corrected chi connectivity index (χ0v) is 14.3. The summed E-state index contributed by atoms with van der Waals surface area (Å²) in [6.45, 7) is 5.68. The predicted molar refractivity (Wildman–Crippen MR) is 86.4 cm³/mol. The third-order valence-electron chi connectivity index (χ3n) is 5.22. The molecule has 1 aromatic carbocycles. The van der Waals surface area contributed by atoms with Crippen LogP contribution in [-0.4, -0.2) is 47.3 Å². The van der Waals surface area contributed by atoms with Gasteiger partial charge in [-0.3, -0.25) is 4.79 Å². The van der Waals surface area contributed by atoms with Gasteiger partial charge in [-0.15, -0.1) is 10.2 Å². The van der Waals surface area contributed by atoms with Crippen molar-refractivity contribution < 1.29 is 18.3 Å². The van der Waals surface area contributed by atoms with Gasteiger partial charge in [0.2, 0.25) is 17.7 Å². The highest BCUT2D eigenvalue weighted by Gasteiger charge is 2.56. The van der Waals surface area contributed by atoms with E-state index in [4.69, 9.17) is 9.15 Å². The van der Waals surface area contributed by atoms with Crippen molar-refractivity contribution in [3.63, 3.8) is 0 Å². The zero-order chi connectivity index (χ0) is 17.6. The summed E-state index contributed by atoms with van der Waals surface area (Å²) in [5.41, 5.74) is 0.928.